The molecule has 0 amide bonds. The van der Waals surface area contributed by atoms with E-state index in [2.05, 4.69) is 0 Å². The Bertz CT molecular complexity index is 713. The lowest BCUT2D eigenvalue weighted by molar-refractivity contribution is -0.154. The molecule has 0 saturated carbocycles. The number of hydrogen-bond donors (Lipinski definition) is 1. The summed E-state index contributed by atoms with van der Waals surface area (Å²) in [6.45, 7) is 1.83. The Morgan fingerprint density at radius 2 is 2.04 bits per heavy atom. The van der Waals surface area contributed by atoms with E-state index in [-0.39, 0.29) is 0 Å². The molecule has 0 spiro atoms. The van der Waals surface area contributed by atoms with Crippen LogP contribution in [0.15, 0.2) is 21.9 Å². The lowest BCUT2D eigenvalue weighted by Crippen LogP contribution is -2.38. The van der Waals surface area contributed by atoms with Crippen LogP contribution in [0, 0.1) is 0 Å². The first-order valence-corrected chi connectivity index (χ1v) is 6.71. The summed E-state index contributed by atoms with van der Waals surface area (Å²) in [6.07, 6.45) is -4.65. The molecule has 2 heterocycles. The molecule has 2 rings (SSSR count). The number of alkyl halides is 1. The van der Waals surface area contributed by atoms with E-state index in [4.69, 9.17) is 14.2 Å². The quantitative estimate of drug-likeness (QED) is 0.723. The topological polar surface area (TPSA) is 117 Å². The van der Waals surface area contributed by atoms with E-state index in [0.717, 1.165) is 30.7 Å². The Hall–Kier alpha value is -2.49. The third-order valence-corrected chi connectivity index (χ3v) is 3.14. The van der Waals surface area contributed by atoms with Gasteiger partial charge in [-0.25, -0.2) is 9.18 Å². The maximum absolute atomic E-state index is 14.4. The van der Waals surface area contributed by atoms with Crippen molar-refractivity contribution < 1.29 is 28.2 Å². The zero-order chi connectivity index (χ0) is 17.1. The van der Waals surface area contributed by atoms with Crippen molar-refractivity contribution in [2.75, 3.05) is 6.61 Å². The van der Waals surface area contributed by atoms with Crippen molar-refractivity contribution in [1.29, 1.82) is 0 Å². The minimum Gasteiger partial charge on any atom is -0.463 e. The van der Waals surface area contributed by atoms with E-state index >= 15 is 0 Å². The highest BCUT2D eigenvalue weighted by molar-refractivity contribution is 5.66. The van der Waals surface area contributed by atoms with Crippen LogP contribution in [-0.2, 0) is 23.8 Å². The van der Waals surface area contributed by atoms with Gasteiger partial charge in [0.2, 0.25) is 0 Å². The van der Waals surface area contributed by atoms with E-state index < -0.39 is 54.4 Å². The molecule has 0 aliphatic carbocycles. The number of aromatic nitrogens is 2. The molecule has 1 N–H and O–H groups in total. The monoisotopic (exact) mass is 330 g/mol. The molecule has 3 unspecified atom stereocenters. The van der Waals surface area contributed by atoms with Gasteiger partial charge < -0.3 is 14.2 Å². The number of nitrogens with one attached hydrogen (secondary N) is 1. The molecular formula is C13H15FN2O7. The molecule has 0 aromatic carbocycles. The van der Waals surface area contributed by atoms with Gasteiger partial charge in [-0.2, -0.15) is 0 Å². The number of esters is 2. The van der Waals surface area contributed by atoms with E-state index in [1.807, 2.05) is 4.98 Å². The van der Waals surface area contributed by atoms with Gasteiger partial charge in [0.1, 0.15) is 12.7 Å². The predicted molar refractivity (Wildman–Crippen MR) is 72.3 cm³/mol. The van der Waals surface area contributed by atoms with Crippen molar-refractivity contribution in [2.45, 2.75) is 38.5 Å². The number of hydrogen-bond acceptors (Lipinski definition) is 7. The van der Waals surface area contributed by atoms with Gasteiger partial charge in [0, 0.05) is 26.1 Å². The molecule has 1 saturated heterocycles. The van der Waals surface area contributed by atoms with Crippen molar-refractivity contribution in [1.82, 2.24) is 9.55 Å². The molecule has 1 aliphatic rings. The van der Waals surface area contributed by atoms with Crippen LogP contribution in [0.3, 0.4) is 0 Å². The van der Waals surface area contributed by atoms with Crippen LogP contribution in [0.1, 0.15) is 20.1 Å². The van der Waals surface area contributed by atoms with Gasteiger partial charge in [-0.05, 0) is 0 Å². The fourth-order valence-electron chi connectivity index (χ4n) is 2.20. The molecule has 1 aliphatic heterocycles. The van der Waals surface area contributed by atoms with Gasteiger partial charge in [0.05, 0.1) is 0 Å². The summed E-state index contributed by atoms with van der Waals surface area (Å²) in [5.74, 6) is -1.40. The van der Waals surface area contributed by atoms with Crippen molar-refractivity contribution >= 4 is 11.9 Å². The van der Waals surface area contributed by atoms with Gasteiger partial charge in [-0.15, -0.1) is 0 Å². The van der Waals surface area contributed by atoms with E-state index in [0.29, 0.717) is 0 Å². The Morgan fingerprint density at radius 3 is 2.61 bits per heavy atom. The Morgan fingerprint density at radius 1 is 1.35 bits per heavy atom. The fraction of sp³-hybridized carbons (Fsp3) is 0.538. The smallest absolute Gasteiger partial charge is 0.330 e. The SMILES string of the molecule is CC(=O)OC[C@H]1OC(n2ccc(=O)[nH]c2=O)C(OC(C)=O)C1F. The van der Waals surface area contributed by atoms with Crippen LogP contribution in [-0.4, -0.2) is 46.5 Å². The van der Waals surface area contributed by atoms with Gasteiger partial charge in [-0.3, -0.25) is 23.9 Å². The molecule has 23 heavy (non-hydrogen) atoms. The molecule has 126 valence electrons. The summed E-state index contributed by atoms with van der Waals surface area (Å²) in [5, 5.41) is 0. The first-order chi connectivity index (χ1) is 10.8. The minimum absolute atomic E-state index is 0.400. The van der Waals surface area contributed by atoms with Gasteiger partial charge in [0.15, 0.2) is 18.5 Å². The number of carbonyl (C=O) groups is 2. The lowest BCUT2D eigenvalue weighted by atomic mass is 10.1. The first kappa shape index (κ1) is 16.9. The van der Waals surface area contributed by atoms with Crippen LogP contribution >= 0.6 is 0 Å². The molecule has 0 bridgehead atoms. The second-order valence-electron chi connectivity index (χ2n) is 4.90. The van der Waals surface area contributed by atoms with Gasteiger partial charge >= 0.3 is 17.6 Å². The Labute approximate surface area is 129 Å². The minimum atomic E-state index is -1.82. The first-order valence-electron chi connectivity index (χ1n) is 6.71. The van der Waals surface area contributed by atoms with E-state index in [9.17, 15) is 23.6 Å². The summed E-state index contributed by atoms with van der Waals surface area (Å²) >= 11 is 0. The Kier molecular flexibility index (Phi) is 4.94. The number of rotatable bonds is 4. The average molecular weight is 330 g/mol. The summed E-state index contributed by atoms with van der Waals surface area (Å²) < 4.78 is 30.3. The fourth-order valence-corrected chi connectivity index (χ4v) is 2.20. The number of carbonyl (C=O) groups excluding carboxylic acids is 2. The average Bonchev–Trinajstić information content (AvgIpc) is 2.73. The number of halogens is 1. The highest BCUT2D eigenvalue weighted by Gasteiger charge is 2.49. The van der Waals surface area contributed by atoms with Crippen LogP contribution in [0.25, 0.3) is 0 Å². The molecular weight excluding hydrogens is 315 g/mol. The molecule has 9 nitrogen and oxygen atoms in total. The van der Waals surface area contributed by atoms with Crippen LogP contribution in [0.2, 0.25) is 0 Å². The number of aromatic amines is 1. The Balaban J connectivity index is 2.30. The lowest BCUT2D eigenvalue weighted by Gasteiger charge is -2.20. The third kappa shape index (κ3) is 3.83. The second-order valence-corrected chi connectivity index (χ2v) is 4.90. The number of ether oxygens (including phenoxy) is 3. The summed E-state index contributed by atoms with van der Waals surface area (Å²) in [5.41, 5.74) is -1.48. The maximum Gasteiger partial charge on any atom is 0.330 e. The summed E-state index contributed by atoms with van der Waals surface area (Å²) in [6, 6.07) is 1.04. The molecule has 1 aromatic heterocycles. The second kappa shape index (κ2) is 6.73. The molecule has 1 fully saturated rings. The normalized spacial score (nSPS) is 26.7. The van der Waals surface area contributed by atoms with Crippen LogP contribution in [0.5, 0.6) is 0 Å². The molecule has 4 atom stereocenters. The van der Waals surface area contributed by atoms with Crippen molar-refractivity contribution in [3.05, 3.63) is 33.1 Å². The molecule has 0 radical (unpaired) electrons. The predicted octanol–water partition coefficient (Wildman–Crippen LogP) is -0.733. The maximum atomic E-state index is 14.4. The number of nitrogens with zero attached hydrogens (tertiary/aromatic N) is 1. The summed E-state index contributed by atoms with van der Waals surface area (Å²) in [7, 11) is 0. The molecule has 10 heteroatoms. The number of H-pyrrole nitrogens is 1. The van der Waals surface area contributed by atoms with E-state index in [1.165, 1.54) is 0 Å². The summed E-state index contributed by atoms with van der Waals surface area (Å²) in [4.78, 5) is 46.9. The van der Waals surface area contributed by atoms with Crippen LogP contribution < -0.4 is 11.2 Å². The van der Waals surface area contributed by atoms with Crippen molar-refractivity contribution in [2.24, 2.45) is 0 Å². The molecule has 1 aromatic rings. The van der Waals surface area contributed by atoms with E-state index in [1.54, 1.807) is 0 Å². The van der Waals surface area contributed by atoms with Crippen LogP contribution in [0.4, 0.5) is 4.39 Å². The standard InChI is InChI=1S/C13H15FN2O7/c1-6(17)21-5-8-10(14)11(22-7(2)18)12(23-8)16-4-3-9(19)15-13(16)20/h3-4,8,10-12H,5H2,1-2H3,(H,15,19,20)/t8-,10?,11?,12?/m1/s1. The zero-order valence-electron chi connectivity index (χ0n) is 12.4. The van der Waals surface area contributed by atoms with Crippen molar-refractivity contribution in [3.63, 3.8) is 0 Å². The highest BCUT2D eigenvalue weighted by Crippen LogP contribution is 2.33. The largest absolute Gasteiger partial charge is 0.463 e. The van der Waals surface area contributed by atoms with Gasteiger partial charge in [-0.1, -0.05) is 0 Å². The highest BCUT2D eigenvalue weighted by atomic mass is 19.1. The zero-order valence-corrected chi connectivity index (χ0v) is 12.4. The third-order valence-electron chi connectivity index (χ3n) is 3.14. The van der Waals surface area contributed by atoms with Gasteiger partial charge in [0.25, 0.3) is 5.56 Å². The van der Waals surface area contributed by atoms with Crippen molar-refractivity contribution in [3.8, 4) is 0 Å².